The topological polar surface area (TPSA) is 66.4 Å². The first kappa shape index (κ1) is 18.1. The van der Waals surface area contributed by atoms with Gasteiger partial charge in [-0.3, -0.25) is 9.59 Å². The lowest BCUT2D eigenvalue weighted by Crippen LogP contribution is -2.39. The van der Waals surface area contributed by atoms with Crippen molar-refractivity contribution in [3.63, 3.8) is 0 Å². The Hall–Kier alpha value is -1.98. The zero-order valence-electron chi connectivity index (χ0n) is 16.8. The van der Waals surface area contributed by atoms with Crippen LogP contribution in [0.2, 0.25) is 0 Å². The first-order valence-electron chi connectivity index (χ1n) is 11.0. The Kier molecular flexibility index (Phi) is 4.60. The van der Waals surface area contributed by atoms with Gasteiger partial charge >= 0.3 is 0 Å². The van der Waals surface area contributed by atoms with Gasteiger partial charge < -0.3 is 9.80 Å². The molecule has 2 amide bonds. The van der Waals surface area contributed by atoms with E-state index in [0.29, 0.717) is 30.2 Å². The molecule has 3 unspecified atom stereocenters. The van der Waals surface area contributed by atoms with E-state index in [4.69, 9.17) is 4.98 Å². The van der Waals surface area contributed by atoms with E-state index in [-0.39, 0.29) is 11.8 Å². The van der Waals surface area contributed by atoms with Gasteiger partial charge in [0, 0.05) is 63.1 Å². The van der Waals surface area contributed by atoms with Crippen molar-refractivity contribution in [2.45, 2.75) is 64.3 Å². The van der Waals surface area contributed by atoms with Crippen molar-refractivity contribution in [1.29, 1.82) is 0 Å². The highest BCUT2D eigenvalue weighted by atomic mass is 16.2. The number of likely N-dealkylation sites (tertiary alicyclic amines) is 1. The van der Waals surface area contributed by atoms with E-state index in [1.807, 2.05) is 16.0 Å². The molecule has 5 rings (SSSR count). The van der Waals surface area contributed by atoms with Gasteiger partial charge in [0.2, 0.25) is 11.8 Å². The van der Waals surface area contributed by atoms with Crippen LogP contribution < -0.4 is 0 Å². The molecule has 6 heteroatoms. The number of rotatable bonds is 2. The highest BCUT2D eigenvalue weighted by Gasteiger charge is 2.55. The van der Waals surface area contributed by atoms with Crippen molar-refractivity contribution in [3.05, 3.63) is 23.3 Å². The van der Waals surface area contributed by atoms with Crippen LogP contribution in [0, 0.1) is 17.8 Å². The van der Waals surface area contributed by atoms with Crippen LogP contribution in [0.3, 0.4) is 0 Å². The molecule has 0 spiro atoms. The molecule has 2 aliphatic carbocycles. The molecule has 1 aromatic heterocycles. The molecule has 3 fully saturated rings. The van der Waals surface area contributed by atoms with Gasteiger partial charge in [-0.1, -0.05) is 12.8 Å². The number of carbonyl (C=O) groups is 2. The lowest BCUT2D eigenvalue weighted by Gasteiger charge is -2.32. The minimum Gasteiger partial charge on any atom is -0.342 e. The highest BCUT2D eigenvalue weighted by molar-refractivity contribution is 5.82. The number of hydrogen-bond donors (Lipinski definition) is 0. The number of nitrogens with zero attached hydrogens (tertiary/aromatic N) is 4. The van der Waals surface area contributed by atoms with Gasteiger partial charge in [0.05, 0.1) is 5.69 Å². The van der Waals surface area contributed by atoms with Crippen LogP contribution >= 0.6 is 0 Å². The average molecular weight is 383 g/mol. The second-order valence-electron chi connectivity index (χ2n) is 9.15. The maximum atomic E-state index is 13.0. The third kappa shape index (κ3) is 3.20. The molecule has 0 radical (unpaired) electrons. The second kappa shape index (κ2) is 7.12. The maximum Gasteiger partial charge on any atom is 0.226 e. The summed E-state index contributed by atoms with van der Waals surface area (Å²) in [5.41, 5.74) is 2.20. The predicted molar refractivity (Wildman–Crippen MR) is 104 cm³/mol. The van der Waals surface area contributed by atoms with Crippen LogP contribution in [0.15, 0.2) is 6.20 Å². The molecule has 150 valence electrons. The molecule has 4 aliphatic rings. The molecule has 2 aliphatic heterocycles. The molecular formula is C22H30N4O2. The quantitative estimate of drug-likeness (QED) is 0.788. The van der Waals surface area contributed by atoms with Gasteiger partial charge in [0.1, 0.15) is 5.82 Å². The minimum absolute atomic E-state index is 0.137. The Morgan fingerprint density at radius 3 is 2.57 bits per heavy atom. The van der Waals surface area contributed by atoms with Crippen LogP contribution in [0.25, 0.3) is 0 Å². The van der Waals surface area contributed by atoms with E-state index < -0.39 is 0 Å². The summed E-state index contributed by atoms with van der Waals surface area (Å²) in [5, 5.41) is 0. The van der Waals surface area contributed by atoms with Gasteiger partial charge in [-0.15, -0.1) is 0 Å². The fourth-order valence-electron chi connectivity index (χ4n) is 5.76. The molecule has 0 bridgehead atoms. The van der Waals surface area contributed by atoms with Crippen molar-refractivity contribution in [2.75, 3.05) is 19.6 Å². The van der Waals surface area contributed by atoms with Gasteiger partial charge in [0.25, 0.3) is 0 Å². The smallest absolute Gasteiger partial charge is 0.226 e. The van der Waals surface area contributed by atoms with Crippen LogP contribution in [0.1, 0.15) is 68.4 Å². The van der Waals surface area contributed by atoms with Crippen LogP contribution in [-0.4, -0.2) is 51.2 Å². The van der Waals surface area contributed by atoms with E-state index in [0.717, 1.165) is 56.0 Å². The normalized spacial score (nSPS) is 31.8. The average Bonchev–Trinajstić information content (AvgIpc) is 3.47. The van der Waals surface area contributed by atoms with Crippen LogP contribution in [0.4, 0.5) is 0 Å². The Labute approximate surface area is 166 Å². The van der Waals surface area contributed by atoms with Gasteiger partial charge in [-0.05, 0) is 37.5 Å². The summed E-state index contributed by atoms with van der Waals surface area (Å²) < 4.78 is 0. The lowest BCUT2D eigenvalue weighted by molar-refractivity contribution is -0.134. The Bertz CT molecular complexity index is 783. The largest absolute Gasteiger partial charge is 0.342 e. The predicted octanol–water partition coefficient (Wildman–Crippen LogP) is 2.52. The molecule has 0 N–H and O–H groups in total. The molecule has 6 nitrogen and oxygen atoms in total. The third-order valence-corrected chi connectivity index (χ3v) is 7.44. The summed E-state index contributed by atoms with van der Waals surface area (Å²) in [6, 6.07) is 0. The number of hydrogen-bond acceptors (Lipinski definition) is 4. The summed E-state index contributed by atoms with van der Waals surface area (Å²) in [4.78, 5) is 38.2. The molecule has 1 saturated heterocycles. The van der Waals surface area contributed by atoms with E-state index in [1.54, 1.807) is 6.92 Å². The highest BCUT2D eigenvalue weighted by Crippen LogP contribution is 2.56. The Balaban J connectivity index is 1.26. The Morgan fingerprint density at radius 1 is 1.04 bits per heavy atom. The zero-order chi connectivity index (χ0) is 19.3. The molecule has 2 saturated carbocycles. The summed E-state index contributed by atoms with van der Waals surface area (Å²) in [6.45, 7) is 4.65. The number of fused-ring (bicyclic) bond motifs is 2. The Morgan fingerprint density at radius 2 is 1.82 bits per heavy atom. The van der Waals surface area contributed by atoms with E-state index in [9.17, 15) is 9.59 Å². The van der Waals surface area contributed by atoms with Gasteiger partial charge in [-0.25, -0.2) is 9.97 Å². The fourth-order valence-corrected chi connectivity index (χ4v) is 5.76. The SMILES string of the molecule is CC(=O)N1CCCC(c2ncc3c(n2)CCN(C(=O)C2C4CCCCC42)C3)C1. The summed E-state index contributed by atoms with van der Waals surface area (Å²) in [5.74, 6) is 3.24. The number of piperidine rings is 1. The summed E-state index contributed by atoms with van der Waals surface area (Å²) >= 11 is 0. The maximum absolute atomic E-state index is 13.0. The minimum atomic E-state index is 0.137. The molecule has 0 aromatic carbocycles. The molecule has 3 heterocycles. The standard InChI is InChI=1S/C22H30N4O2/c1-14(27)25-9-4-5-15(12-25)21-23-11-16-13-26(10-8-19(16)24-21)22(28)20-17-6-2-3-7-18(17)20/h11,15,17-18,20H,2-10,12-13H2,1H3. The van der Waals surface area contributed by atoms with E-state index in [1.165, 1.54) is 25.7 Å². The van der Waals surface area contributed by atoms with E-state index in [2.05, 4.69) is 4.98 Å². The third-order valence-electron chi connectivity index (χ3n) is 7.44. The van der Waals surface area contributed by atoms with Gasteiger partial charge in [0.15, 0.2) is 0 Å². The van der Waals surface area contributed by atoms with Crippen molar-refractivity contribution < 1.29 is 9.59 Å². The van der Waals surface area contributed by atoms with Crippen molar-refractivity contribution in [3.8, 4) is 0 Å². The van der Waals surface area contributed by atoms with Crippen LogP contribution in [-0.2, 0) is 22.6 Å². The van der Waals surface area contributed by atoms with Crippen molar-refractivity contribution >= 4 is 11.8 Å². The molecular weight excluding hydrogens is 352 g/mol. The zero-order valence-corrected chi connectivity index (χ0v) is 16.8. The second-order valence-corrected chi connectivity index (χ2v) is 9.15. The van der Waals surface area contributed by atoms with Crippen molar-refractivity contribution in [2.24, 2.45) is 17.8 Å². The lowest BCUT2D eigenvalue weighted by atomic mass is 9.96. The number of amides is 2. The van der Waals surface area contributed by atoms with Crippen LogP contribution in [0.5, 0.6) is 0 Å². The van der Waals surface area contributed by atoms with E-state index >= 15 is 0 Å². The summed E-state index contributed by atoms with van der Waals surface area (Å²) in [6.07, 6.45) is 9.90. The number of carbonyl (C=O) groups excluding carboxylic acids is 2. The first-order chi connectivity index (χ1) is 13.6. The molecule has 3 atom stereocenters. The summed E-state index contributed by atoms with van der Waals surface area (Å²) in [7, 11) is 0. The monoisotopic (exact) mass is 382 g/mol. The van der Waals surface area contributed by atoms with Gasteiger partial charge in [-0.2, -0.15) is 0 Å². The molecule has 28 heavy (non-hydrogen) atoms. The molecule has 1 aromatic rings. The fraction of sp³-hybridized carbons (Fsp3) is 0.727. The first-order valence-corrected chi connectivity index (χ1v) is 11.0. The van der Waals surface area contributed by atoms with Crippen molar-refractivity contribution in [1.82, 2.24) is 19.8 Å². The number of aromatic nitrogens is 2.